The zero-order valence-corrected chi connectivity index (χ0v) is 13.4. The summed E-state index contributed by atoms with van der Waals surface area (Å²) in [5.41, 5.74) is 1.29. The monoisotopic (exact) mass is 279 g/mol. The van der Waals surface area contributed by atoms with E-state index < -0.39 is 0 Å². The Kier molecular flexibility index (Phi) is 5.64. The van der Waals surface area contributed by atoms with E-state index in [0.29, 0.717) is 6.04 Å². The Bertz CT molecular complexity index is 406. The number of aryl methyl sites for hydroxylation is 1. The molecule has 0 radical (unpaired) electrons. The first-order valence-electron chi connectivity index (χ1n) is 7.85. The molecule has 2 rings (SSSR count). The minimum absolute atomic E-state index is 0.662. The third kappa shape index (κ3) is 4.08. The summed E-state index contributed by atoms with van der Waals surface area (Å²) in [5, 5.41) is 3.36. The van der Waals surface area contributed by atoms with Gasteiger partial charge < -0.3 is 9.73 Å². The summed E-state index contributed by atoms with van der Waals surface area (Å²) in [6, 6.07) is 2.88. The Morgan fingerprint density at radius 3 is 2.55 bits per heavy atom. The van der Waals surface area contributed by atoms with Crippen LogP contribution in [0.4, 0.5) is 0 Å². The molecule has 1 aromatic heterocycles. The molecule has 0 atom stereocenters. The topological polar surface area (TPSA) is 31.6 Å². The van der Waals surface area contributed by atoms with E-state index >= 15 is 0 Å². The first kappa shape index (κ1) is 15.5. The zero-order chi connectivity index (χ0) is 14.5. The first-order valence-corrected chi connectivity index (χ1v) is 7.85. The molecule has 2 heterocycles. The maximum Gasteiger partial charge on any atom is 0.118 e. The molecule has 1 N–H and O–H groups in total. The standard InChI is InChI=1S/C16H29N3O/c1-5-17-11-15-10-16(20-14(15)4)12-18-6-8-19(9-7-18)13(2)3/h10,13,17H,5-9,11-12H2,1-4H3. The van der Waals surface area contributed by atoms with Gasteiger partial charge in [0.2, 0.25) is 0 Å². The van der Waals surface area contributed by atoms with Crippen LogP contribution < -0.4 is 5.32 Å². The molecular formula is C16H29N3O. The fourth-order valence-electron chi connectivity index (χ4n) is 2.76. The van der Waals surface area contributed by atoms with Crippen LogP contribution in [0.25, 0.3) is 0 Å². The summed E-state index contributed by atoms with van der Waals surface area (Å²) in [6.45, 7) is 16.2. The van der Waals surface area contributed by atoms with Crippen LogP contribution in [-0.2, 0) is 13.1 Å². The predicted molar refractivity (Wildman–Crippen MR) is 82.8 cm³/mol. The van der Waals surface area contributed by atoms with Gasteiger partial charge in [-0.2, -0.15) is 0 Å². The van der Waals surface area contributed by atoms with Gasteiger partial charge in [0.05, 0.1) is 6.54 Å². The molecule has 0 bridgehead atoms. The van der Waals surface area contributed by atoms with Gasteiger partial charge in [-0.15, -0.1) is 0 Å². The van der Waals surface area contributed by atoms with Crippen LogP contribution in [0.2, 0.25) is 0 Å². The quantitative estimate of drug-likeness (QED) is 0.865. The second kappa shape index (κ2) is 7.25. The lowest BCUT2D eigenvalue weighted by atomic mass is 10.2. The van der Waals surface area contributed by atoms with E-state index in [1.807, 2.05) is 0 Å². The average molecular weight is 279 g/mol. The molecule has 4 nitrogen and oxygen atoms in total. The third-order valence-corrected chi connectivity index (χ3v) is 4.15. The van der Waals surface area contributed by atoms with E-state index in [1.54, 1.807) is 0 Å². The van der Waals surface area contributed by atoms with E-state index in [4.69, 9.17) is 4.42 Å². The van der Waals surface area contributed by atoms with Crippen molar-refractivity contribution in [2.75, 3.05) is 32.7 Å². The van der Waals surface area contributed by atoms with Crippen molar-refractivity contribution in [2.24, 2.45) is 0 Å². The van der Waals surface area contributed by atoms with Crippen molar-refractivity contribution in [3.05, 3.63) is 23.2 Å². The summed E-state index contributed by atoms with van der Waals surface area (Å²) in [6.07, 6.45) is 0. The molecule has 0 spiro atoms. The smallest absolute Gasteiger partial charge is 0.118 e. The van der Waals surface area contributed by atoms with Crippen molar-refractivity contribution in [2.45, 2.75) is 46.8 Å². The van der Waals surface area contributed by atoms with Crippen LogP contribution in [0.3, 0.4) is 0 Å². The number of hydrogen-bond donors (Lipinski definition) is 1. The lowest BCUT2D eigenvalue weighted by Crippen LogP contribution is -2.48. The van der Waals surface area contributed by atoms with Gasteiger partial charge in [0.1, 0.15) is 11.5 Å². The highest BCUT2D eigenvalue weighted by atomic mass is 16.3. The molecular weight excluding hydrogens is 250 g/mol. The normalized spacial score (nSPS) is 18.1. The van der Waals surface area contributed by atoms with Gasteiger partial charge in [0, 0.05) is 44.3 Å². The van der Waals surface area contributed by atoms with Crippen LogP contribution in [0.5, 0.6) is 0 Å². The average Bonchev–Trinajstić information content (AvgIpc) is 2.77. The number of piperazine rings is 1. The Morgan fingerprint density at radius 2 is 1.95 bits per heavy atom. The highest BCUT2D eigenvalue weighted by Gasteiger charge is 2.20. The molecule has 4 heteroatoms. The van der Waals surface area contributed by atoms with Crippen LogP contribution in [0.1, 0.15) is 37.9 Å². The number of nitrogens with zero attached hydrogens (tertiary/aromatic N) is 2. The van der Waals surface area contributed by atoms with Crippen molar-refractivity contribution in [3.8, 4) is 0 Å². The van der Waals surface area contributed by atoms with Crippen molar-refractivity contribution in [3.63, 3.8) is 0 Å². The number of furan rings is 1. The lowest BCUT2D eigenvalue weighted by molar-refractivity contribution is 0.0988. The molecule has 0 unspecified atom stereocenters. The second-order valence-corrected chi connectivity index (χ2v) is 5.98. The summed E-state index contributed by atoms with van der Waals surface area (Å²) in [5.74, 6) is 2.16. The molecule has 0 amide bonds. The highest BCUT2D eigenvalue weighted by Crippen LogP contribution is 2.17. The Hall–Kier alpha value is -0.840. The largest absolute Gasteiger partial charge is 0.465 e. The molecule has 0 saturated carbocycles. The number of hydrogen-bond acceptors (Lipinski definition) is 4. The summed E-state index contributed by atoms with van der Waals surface area (Å²) >= 11 is 0. The maximum absolute atomic E-state index is 5.89. The summed E-state index contributed by atoms with van der Waals surface area (Å²) < 4.78 is 5.89. The van der Waals surface area contributed by atoms with Gasteiger partial charge in [-0.05, 0) is 33.4 Å². The lowest BCUT2D eigenvalue weighted by Gasteiger charge is -2.36. The fraction of sp³-hybridized carbons (Fsp3) is 0.750. The first-order chi connectivity index (χ1) is 9.60. The zero-order valence-electron chi connectivity index (χ0n) is 13.4. The van der Waals surface area contributed by atoms with Crippen LogP contribution in [0.15, 0.2) is 10.5 Å². The summed E-state index contributed by atoms with van der Waals surface area (Å²) in [4.78, 5) is 5.04. The minimum atomic E-state index is 0.662. The molecule has 114 valence electrons. The second-order valence-electron chi connectivity index (χ2n) is 5.98. The molecule has 20 heavy (non-hydrogen) atoms. The molecule has 1 aliphatic rings. The van der Waals surface area contributed by atoms with Crippen LogP contribution >= 0.6 is 0 Å². The minimum Gasteiger partial charge on any atom is -0.465 e. The molecule has 1 aromatic rings. The molecule has 0 aliphatic carbocycles. The van der Waals surface area contributed by atoms with Gasteiger partial charge in [0.15, 0.2) is 0 Å². The van der Waals surface area contributed by atoms with Gasteiger partial charge in [-0.3, -0.25) is 9.80 Å². The molecule has 0 aromatic carbocycles. The van der Waals surface area contributed by atoms with E-state index in [2.05, 4.69) is 48.9 Å². The summed E-state index contributed by atoms with van der Waals surface area (Å²) in [7, 11) is 0. The third-order valence-electron chi connectivity index (χ3n) is 4.15. The van der Waals surface area contributed by atoms with Gasteiger partial charge in [0.25, 0.3) is 0 Å². The highest BCUT2D eigenvalue weighted by molar-refractivity contribution is 5.20. The van der Waals surface area contributed by atoms with Crippen LogP contribution in [0, 0.1) is 6.92 Å². The van der Waals surface area contributed by atoms with Crippen molar-refractivity contribution in [1.29, 1.82) is 0 Å². The Balaban J connectivity index is 1.85. The Labute approximate surface area is 123 Å². The van der Waals surface area contributed by atoms with Gasteiger partial charge >= 0.3 is 0 Å². The maximum atomic E-state index is 5.89. The van der Waals surface area contributed by atoms with E-state index in [9.17, 15) is 0 Å². The van der Waals surface area contributed by atoms with E-state index in [-0.39, 0.29) is 0 Å². The molecule has 1 aliphatic heterocycles. The van der Waals surface area contributed by atoms with Crippen LogP contribution in [-0.4, -0.2) is 48.6 Å². The molecule has 1 fully saturated rings. The van der Waals surface area contributed by atoms with E-state index in [0.717, 1.165) is 44.2 Å². The van der Waals surface area contributed by atoms with Gasteiger partial charge in [-0.25, -0.2) is 0 Å². The van der Waals surface area contributed by atoms with E-state index in [1.165, 1.54) is 18.7 Å². The van der Waals surface area contributed by atoms with Crippen molar-refractivity contribution < 1.29 is 4.42 Å². The number of rotatable bonds is 6. The Morgan fingerprint density at radius 1 is 1.25 bits per heavy atom. The SMILES string of the molecule is CCNCc1cc(CN2CCN(C(C)C)CC2)oc1C. The van der Waals surface area contributed by atoms with Crippen molar-refractivity contribution >= 4 is 0 Å². The van der Waals surface area contributed by atoms with Gasteiger partial charge in [-0.1, -0.05) is 6.92 Å². The van der Waals surface area contributed by atoms with Crippen molar-refractivity contribution in [1.82, 2.24) is 15.1 Å². The number of nitrogens with one attached hydrogen (secondary N) is 1. The predicted octanol–water partition coefficient (Wildman–Crippen LogP) is 2.22. The molecule has 1 saturated heterocycles. The fourth-order valence-corrected chi connectivity index (χ4v) is 2.76.